The van der Waals surface area contributed by atoms with Crippen LogP contribution in [-0.2, 0) is 67.3 Å². The highest BCUT2D eigenvalue weighted by Crippen LogP contribution is 2.31. The minimum Gasteiger partial charge on any atom is -0.463 e. The van der Waals surface area contributed by atoms with E-state index in [9.17, 15) is 14.4 Å². The van der Waals surface area contributed by atoms with Crippen molar-refractivity contribution < 1.29 is 52.3 Å². The fraction of sp³-hybridized carbons (Fsp3) is 0.500. The van der Waals surface area contributed by atoms with Gasteiger partial charge in [-0.05, 0) is 41.6 Å². The monoisotopic (exact) mass is 933 g/mol. The lowest BCUT2D eigenvalue weighted by Crippen LogP contribution is -2.65. The van der Waals surface area contributed by atoms with Crippen molar-refractivity contribution in [3.63, 3.8) is 0 Å². The highest BCUT2D eigenvalue weighted by molar-refractivity contribution is 6.67. The highest BCUT2D eigenvalue weighted by atomic mass is 35.6. The summed E-state index contributed by atoms with van der Waals surface area (Å²) >= 11 is 16.9. The molecule has 0 saturated carbocycles. The summed E-state index contributed by atoms with van der Waals surface area (Å²) in [4.78, 5) is 41.4. The third kappa shape index (κ3) is 17.3. The van der Waals surface area contributed by atoms with Crippen molar-refractivity contribution in [3.8, 4) is 0 Å². The van der Waals surface area contributed by atoms with Crippen LogP contribution in [0.25, 0.3) is 20.9 Å². The Balaban J connectivity index is 0.000000278. The van der Waals surface area contributed by atoms with Gasteiger partial charge in [0.05, 0.1) is 62.9 Å². The fourth-order valence-electron chi connectivity index (χ4n) is 6.80. The van der Waals surface area contributed by atoms with E-state index in [0.717, 1.165) is 16.7 Å². The van der Waals surface area contributed by atoms with Gasteiger partial charge in [-0.3, -0.25) is 9.59 Å². The van der Waals surface area contributed by atoms with E-state index >= 15 is 0 Å². The van der Waals surface area contributed by atoms with E-state index < -0.39 is 89.3 Å². The number of hydrogen-bond donors (Lipinski definition) is 1. The number of carbonyl (C=O) groups excluding carboxylic acids is 3. The number of azide groups is 2. The second kappa shape index (κ2) is 26.1. The van der Waals surface area contributed by atoms with Crippen molar-refractivity contribution in [1.82, 2.24) is 5.32 Å². The number of benzene rings is 3. The van der Waals surface area contributed by atoms with Crippen molar-refractivity contribution in [2.24, 2.45) is 10.2 Å². The molecule has 340 valence electrons. The zero-order chi connectivity index (χ0) is 45.8. The maximum absolute atomic E-state index is 12.4. The first-order valence-electron chi connectivity index (χ1n) is 19.8. The van der Waals surface area contributed by atoms with Gasteiger partial charge in [0, 0.05) is 23.7 Å². The molecule has 2 aliphatic heterocycles. The molecule has 2 aliphatic rings. The standard InChI is InChI=1S/C21H26Cl3NO8.C21H24N6O3/c1-12-17(25-20(28)31-11-21(22,23)24)19(30-9-15-7-5-4-6-8-15)18(33-14(3)27)16(32-12)10-29-13(2)26;1-15-19(25-27-23)21(29-14-17-10-6-3-7-11-17)20(18(30-15)12-24-26-22)28-13-16-8-4-2-5-9-16/h4-8,12,16-19H,9-11H2,1-3H3,(H,25,28);2-11,15,18-21H,12-14H2,1H3/t12-,16+,17-,18-,19+;15-,18+,19-,20+,21+/m00/s1. The van der Waals surface area contributed by atoms with E-state index in [-0.39, 0.29) is 19.8 Å². The molecule has 2 fully saturated rings. The van der Waals surface area contributed by atoms with Gasteiger partial charge in [0.15, 0.2) is 6.10 Å². The Hall–Kier alpha value is -4.84. The Morgan fingerprint density at radius 3 is 1.67 bits per heavy atom. The summed E-state index contributed by atoms with van der Waals surface area (Å²) in [5, 5.41) is 10.2. The first kappa shape index (κ1) is 50.8. The Kier molecular flexibility index (Phi) is 21.0. The molecule has 3 aromatic carbocycles. The summed E-state index contributed by atoms with van der Waals surface area (Å²) in [5.74, 6) is -1.12. The summed E-state index contributed by atoms with van der Waals surface area (Å²) in [5.41, 5.74) is 20.7. The van der Waals surface area contributed by atoms with Gasteiger partial charge in [-0.25, -0.2) is 4.79 Å². The molecule has 1 amide bonds. The van der Waals surface area contributed by atoms with E-state index in [4.69, 9.17) is 83.8 Å². The maximum Gasteiger partial charge on any atom is 0.407 e. The maximum atomic E-state index is 12.4. The number of nitrogens with one attached hydrogen (secondary N) is 1. The Bertz CT molecular complexity index is 1980. The second-order valence-electron chi connectivity index (χ2n) is 14.4. The van der Waals surface area contributed by atoms with E-state index in [2.05, 4.69) is 25.4 Å². The molecule has 1 N–H and O–H groups in total. The van der Waals surface area contributed by atoms with Crippen LogP contribution in [0.5, 0.6) is 0 Å². The quantitative estimate of drug-likeness (QED) is 0.0338. The normalized spacial score (nSPS) is 25.4. The SMILES string of the molecule is CC(=O)OC[C@H]1O[C@@H](C)[C@H](NC(=O)OCC(Cl)(Cl)Cl)[C@@H](OCc2ccccc2)[C@H]1OC(C)=O.C[C@@H]1O[C@H](CN=[N+]=[N-])[C@@H](OCc2ccccc2)[C@H](OCc2ccccc2)[C@H]1N=[N+]=[N-]. The molecule has 21 heteroatoms. The fourth-order valence-corrected chi connectivity index (χ4v) is 6.96. The van der Waals surface area contributed by atoms with Crippen LogP contribution in [0.2, 0.25) is 0 Å². The van der Waals surface area contributed by atoms with Crippen molar-refractivity contribution in [2.75, 3.05) is 19.8 Å². The number of ether oxygens (including phenoxy) is 8. The van der Waals surface area contributed by atoms with Crippen LogP contribution in [0.4, 0.5) is 4.79 Å². The molecule has 0 spiro atoms. The minimum absolute atomic E-state index is 0.0917. The smallest absolute Gasteiger partial charge is 0.407 e. The molecule has 0 unspecified atom stereocenters. The van der Waals surface area contributed by atoms with Gasteiger partial charge in [0.2, 0.25) is 3.79 Å². The molecule has 18 nitrogen and oxygen atoms in total. The third-order valence-electron chi connectivity index (χ3n) is 9.61. The molecule has 0 aliphatic carbocycles. The van der Waals surface area contributed by atoms with Crippen molar-refractivity contribution in [1.29, 1.82) is 0 Å². The van der Waals surface area contributed by atoms with Gasteiger partial charge in [-0.15, -0.1) is 0 Å². The molecule has 0 bridgehead atoms. The average Bonchev–Trinajstić information content (AvgIpc) is 3.26. The van der Waals surface area contributed by atoms with Crippen LogP contribution in [0.15, 0.2) is 101 Å². The van der Waals surface area contributed by atoms with E-state index in [1.54, 1.807) is 6.92 Å². The number of alkyl halides is 3. The van der Waals surface area contributed by atoms with Gasteiger partial charge in [-0.1, -0.05) is 136 Å². The summed E-state index contributed by atoms with van der Waals surface area (Å²) in [6.45, 7) is 6.22. The number of amides is 1. The van der Waals surface area contributed by atoms with Crippen LogP contribution in [0, 0.1) is 0 Å². The zero-order valence-electron chi connectivity index (χ0n) is 35.0. The largest absolute Gasteiger partial charge is 0.463 e. The number of rotatable bonds is 17. The number of halogens is 3. The minimum atomic E-state index is -1.79. The average molecular weight is 935 g/mol. The van der Waals surface area contributed by atoms with Crippen LogP contribution in [0.1, 0.15) is 44.4 Å². The molecule has 3 aromatic rings. The molecule has 0 aromatic heterocycles. The topological polar surface area (TPSA) is 235 Å². The molecule has 2 saturated heterocycles. The number of carbonyl (C=O) groups is 3. The Morgan fingerprint density at radius 1 is 0.683 bits per heavy atom. The molecule has 5 rings (SSSR count). The van der Waals surface area contributed by atoms with Gasteiger partial charge in [0.25, 0.3) is 0 Å². The number of alkyl carbamates (subject to hydrolysis) is 1. The van der Waals surface area contributed by atoms with Gasteiger partial charge >= 0.3 is 18.0 Å². The van der Waals surface area contributed by atoms with Gasteiger partial charge < -0.3 is 43.2 Å². The van der Waals surface area contributed by atoms with Gasteiger partial charge in [-0.2, -0.15) is 0 Å². The molecule has 63 heavy (non-hydrogen) atoms. The van der Waals surface area contributed by atoms with Crippen LogP contribution >= 0.6 is 34.8 Å². The van der Waals surface area contributed by atoms with Crippen LogP contribution in [-0.4, -0.2) is 102 Å². The number of esters is 2. The first-order chi connectivity index (χ1) is 30.2. The molecular weight excluding hydrogens is 885 g/mol. The lowest BCUT2D eigenvalue weighted by Gasteiger charge is -2.44. The van der Waals surface area contributed by atoms with E-state index in [1.165, 1.54) is 13.8 Å². The molecule has 0 radical (unpaired) electrons. The molecule has 10 atom stereocenters. The number of hydrogen-bond acceptors (Lipinski definition) is 13. The predicted octanol–water partition coefficient (Wildman–Crippen LogP) is 8.25. The number of nitrogens with zero attached hydrogens (tertiary/aromatic N) is 6. The van der Waals surface area contributed by atoms with Crippen molar-refractivity contribution >= 4 is 52.8 Å². The summed E-state index contributed by atoms with van der Waals surface area (Å²) in [7, 11) is 0. The highest BCUT2D eigenvalue weighted by Gasteiger charge is 2.49. The summed E-state index contributed by atoms with van der Waals surface area (Å²) in [6, 6.07) is 27.3. The van der Waals surface area contributed by atoms with Crippen LogP contribution in [0.3, 0.4) is 0 Å². The lowest BCUT2D eigenvalue weighted by atomic mass is 9.93. The molecule has 2 heterocycles. The predicted molar refractivity (Wildman–Crippen MR) is 231 cm³/mol. The first-order valence-corrected chi connectivity index (χ1v) is 21.0. The lowest BCUT2D eigenvalue weighted by molar-refractivity contribution is -0.222. The third-order valence-corrected chi connectivity index (χ3v) is 9.93. The van der Waals surface area contributed by atoms with Crippen molar-refractivity contribution in [3.05, 3.63) is 129 Å². The summed E-state index contributed by atoms with van der Waals surface area (Å²) < 4.78 is 44.1. The second-order valence-corrected chi connectivity index (χ2v) is 16.9. The van der Waals surface area contributed by atoms with E-state index in [0.29, 0.717) is 13.2 Å². The van der Waals surface area contributed by atoms with Gasteiger partial charge in [0.1, 0.15) is 31.5 Å². The van der Waals surface area contributed by atoms with Crippen molar-refractivity contribution in [2.45, 2.75) is 112 Å². The molecular formula is C42H50Cl3N7O11. The zero-order valence-corrected chi connectivity index (χ0v) is 37.3. The Labute approximate surface area is 379 Å². The van der Waals surface area contributed by atoms with E-state index in [1.807, 2.05) is 97.9 Å². The Morgan fingerprint density at radius 2 is 1.19 bits per heavy atom. The summed E-state index contributed by atoms with van der Waals surface area (Å²) in [6.07, 6.45) is -6.31. The van der Waals surface area contributed by atoms with Crippen LogP contribution < -0.4 is 5.32 Å².